The monoisotopic (exact) mass is 443 g/mol. The minimum atomic E-state index is -0.122. The number of fused-ring (bicyclic) bond motifs is 1. The van der Waals surface area contributed by atoms with Crippen LogP contribution in [-0.2, 0) is 13.0 Å². The van der Waals surface area contributed by atoms with Crippen molar-refractivity contribution >= 4 is 11.8 Å². The van der Waals surface area contributed by atoms with E-state index in [1.54, 1.807) is 6.07 Å². The van der Waals surface area contributed by atoms with Crippen molar-refractivity contribution in [2.75, 3.05) is 0 Å². The third-order valence-corrected chi connectivity index (χ3v) is 6.56. The number of carbonyl (C=O) groups is 2. The number of amides is 2. The van der Waals surface area contributed by atoms with Crippen LogP contribution in [0.1, 0.15) is 89.3 Å². The van der Waals surface area contributed by atoms with Gasteiger partial charge in [0.25, 0.3) is 11.8 Å². The van der Waals surface area contributed by atoms with Crippen molar-refractivity contribution < 1.29 is 9.59 Å². The lowest BCUT2D eigenvalue weighted by atomic mass is 10.0. The molecule has 33 heavy (non-hydrogen) atoms. The molecule has 2 atom stereocenters. The van der Waals surface area contributed by atoms with Gasteiger partial charge in [-0.15, -0.1) is 0 Å². The second kappa shape index (κ2) is 10.5. The summed E-state index contributed by atoms with van der Waals surface area (Å²) in [7, 11) is 0. The summed E-state index contributed by atoms with van der Waals surface area (Å²) in [6.45, 7) is 4.91. The summed E-state index contributed by atoms with van der Waals surface area (Å²) in [5, 5.41) is 6.38. The molecule has 172 valence electrons. The highest BCUT2D eigenvalue weighted by Gasteiger charge is 2.27. The summed E-state index contributed by atoms with van der Waals surface area (Å²) in [5.74, 6) is -0.228. The van der Waals surface area contributed by atoms with E-state index in [-0.39, 0.29) is 23.9 Å². The Hall–Kier alpha value is -3.34. The van der Waals surface area contributed by atoms with Crippen molar-refractivity contribution in [1.29, 1.82) is 0 Å². The highest BCUT2D eigenvalue weighted by atomic mass is 16.2. The highest BCUT2D eigenvalue weighted by molar-refractivity contribution is 6.01. The van der Waals surface area contributed by atoms with Gasteiger partial charge in [0.15, 0.2) is 0 Å². The fourth-order valence-electron chi connectivity index (χ4n) is 4.74. The summed E-state index contributed by atoms with van der Waals surface area (Å²) >= 11 is 0. The van der Waals surface area contributed by atoms with Gasteiger partial charge in [-0.25, -0.2) is 0 Å². The first kappa shape index (κ1) is 22.8. The normalized spacial score (nSPS) is 14.7. The quantitative estimate of drug-likeness (QED) is 0.477. The van der Waals surface area contributed by atoms with Crippen LogP contribution in [0.3, 0.4) is 0 Å². The van der Waals surface area contributed by atoms with Gasteiger partial charge in [0.1, 0.15) is 5.69 Å². The molecule has 2 N–H and O–H groups in total. The van der Waals surface area contributed by atoms with Crippen LogP contribution in [0.15, 0.2) is 66.7 Å². The Morgan fingerprint density at radius 1 is 0.818 bits per heavy atom. The van der Waals surface area contributed by atoms with Crippen LogP contribution in [0.2, 0.25) is 0 Å². The molecule has 0 saturated heterocycles. The van der Waals surface area contributed by atoms with Gasteiger partial charge >= 0.3 is 0 Å². The minimum absolute atomic E-state index is 0.0577. The van der Waals surface area contributed by atoms with E-state index in [0.717, 1.165) is 55.5 Å². The van der Waals surface area contributed by atoms with Crippen LogP contribution in [0.5, 0.6) is 0 Å². The van der Waals surface area contributed by atoms with E-state index in [1.165, 1.54) is 0 Å². The number of benzene rings is 2. The summed E-state index contributed by atoms with van der Waals surface area (Å²) in [5.41, 5.74) is 4.36. The van der Waals surface area contributed by atoms with Crippen molar-refractivity contribution in [3.05, 3.63) is 94.8 Å². The molecule has 1 aliphatic rings. The molecule has 0 bridgehead atoms. The molecule has 3 aromatic rings. The van der Waals surface area contributed by atoms with Crippen LogP contribution in [0, 0.1) is 0 Å². The smallest absolute Gasteiger partial charge is 0.268 e. The molecule has 0 aliphatic carbocycles. The molecule has 0 radical (unpaired) electrons. The average Bonchev–Trinajstić information content (AvgIpc) is 3.26. The number of hydrogen-bond acceptors (Lipinski definition) is 2. The van der Waals surface area contributed by atoms with Crippen LogP contribution < -0.4 is 10.6 Å². The summed E-state index contributed by atoms with van der Waals surface area (Å²) < 4.78 is 2.05. The summed E-state index contributed by atoms with van der Waals surface area (Å²) in [6.07, 6.45) is 4.46. The van der Waals surface area contributed by atoms with E-state index in [2.05, 4.69) is 29.0 Å². The molecule has 1 aliphatic heterocycles. The van der Waals surface area contributed by atoms with Crippen molar-refractivity contribution in [3.8, 4) is 0 Å². The van der Waals surface area contributed by atoms with Crippen LogP contribution in [-0.4, -0.2) is 16.4 Å². The first-order valence-corrected chi connectivity index (χ1v) is 12.1. The number of aromatic nitrogens is 1. The Kier molecular flexibility index (Phi) is 7.28. The molecule has 4 rings (SSSR count). The Labute approximate surface area is 196 Å². The molecule has 2 aromatic carbocycles. The molecule has 1 aromatic heterocycles. The van der Waals surface area contributed by atoms with E-state index < -0.39 is 0 Å². The standard InChI is InChI=1S/C28H33N3O2/c1-3-23(20-13-7-5-8-14-20)29-27(32)22-19-26(31-18-12-11-17-25(22)31)28(33)30-24(4-2)21-15-9-6-10-16-21/h5-10,13-16,19,23-24H,3-4,11-12,17-18H2,1-2H3,(H,29,32)(H,30,33)/t23-,24-/m1/s1. The molecule has 0 saturated carbocycles. The van der Waals surface area contributed by atoms with Gasteiger partial charge in [0.2, 0.25) is 0 Å². The fraction of sp³-hybridized carbons (Fsp3) is 0.357. The molecule has 2 amide bonds. The lowest BCUT2D eigenvalue weighted by Gasteiger charge is -2.21. The second-order valence-corrected chi connectivity index (χ2v) is 8.69. The SMILES string of the molecule is CC[C@@H](NC(=O)c1cc(C(=O)N[C@H](CC)c2ccccc2)n2c1CCCC2)c1ccccc1. The maximum Gasteiger partial charge on any atom is 0.268 e. The molecule has 2 heterocycles. The third-order valence-electron chi connectivity index (χ3n) is 6.56. The first-order chi connectivity index (χ1) is 16.1. The summed E-state index contributed by atoms with van der Waals surface area (Å²) in [4.78, 5) is 26.7. The Morgan fingerprint density at radius 2 is 1.36 bits per heavy atom. The maximum atomic E-state index is 13.3. The fourth-order valence-corrected chi connectivity index (χ4v) is 4.74. The van der Waals surface area contributed by atoms with E-state index in [1.807, 2.05) is 60.7 Å². The second-order valence-electron chi connectivity index (χ2n) is 8.69. The van der Waals surface area contributed by atoms with Crippen molar-refractivity contribution in [2.45, 2.75) is 64.6 Å². The van der Waals surface area contributed by atoms with Gasteiger partial charge in [-0.05, 0) is 49.3 Å². The maximum absolute atomic E-state index is 13.3. The van der Waals surface area contributed by atoms with Crippen LogP contribution in [0.4, 0.5) is 0 Å². The number of nitrogens with one attached hydrogen (secondary N) is 2. The first-order valence-electron chi connectivity index (χ1n) is 12.1. The zero-order chi connectivity index (χ0) is 23.2. The van der Waals surface area contributed by atoms with Gasteiger partial charge in [-0.2, -0.15) is 0 Å². The molecule has 0 spiro atoms. The topological polar surface area (TPSA) is 63.1 Å². The van der Waals surface area contributed by atoms with Gasteiger partial charge < -0.3 is 15.2 Å². The van der Waals surface area contributed by atoms with E-state index >= 15 is 0 Å². The molecule has 5 nitrogen and oxygen atoms in total. The molecular formula is C28H33N3O2. The van der Waals surface area contributed by atoms with Gasteiger partial charge in [-0.1, -0.05) is 74.5 Å². The van der Waals surface area contributed by atoms with Gasteiger partial charge in [0.05, 0.1) is 17.6 Å². The zero-order valence-electron chi connectivity index (χ0n) is 19.5. The van der Waals surface area contributed by atoms with Gasteiger partial charge in [-0.3, -0.25) is 9.59 Å². The highest BCUT2D eigenvalue weighted by Crippen LogP contribution is 2.26. The molecule has 0 unspecified atom stereocenters. The Bertz CT molecular complexity index is 1000. The van der Waals surface area contributed by atoms with E-state index in [0.29, 0.717) is 11.3 Å². The van der Waals surface area contributed by atoms with Crippen molar-refractivity contribution in [3.63, 3.8) is 0 Å². The zero-order valence-corrected chi connectivity index (χ0v) is 19.5. The summed E-state index contributed by atoms with van der Waals surface area (Å²) in [6, 6.07) is 21.7. The van der Waals surface area contributed by atoms with Crippen LogP contribution >= 0.6 is 0 Å². The predicted octanol–water partition coefficient (Wildman–Crippen LogP) is 5.59. The lowest BCUT2D eigenvalue weighted by molar-refractivity contribution is 0.0922. The third kappa shape index (κ3) is 5.03. The Balaban J connectivity index is 1.58. The van der Waals surface area contributed by atoms with Crippen molar-refractivity contribution in [2.24, 2.45) is 0 Å². The minimum Gasteiger partial charge on any atom is -0.345 e. The lowest BCUT2D eigenvalue weighted by Crippen LogP contribution is -2.30. The largest absolute Gasteiger partial charge is 0.345 e. The average molecular weight is 444 g/mol. The molecule has 0 fully saturated rings. The van der Waals surface area contributed by atoms with Crippen molar-refractivity contribution in [1.82, 2.24) is 15.2 Å². The number of nitrogens with zero attached hydrogens (tertiary/aromatic N) is 1. The van der Waals surface area contributed by atoms with Crippen LogP contribution in [0.25, 0.3) is 0 Å². The van der Waals surface area contributed by atoms with E-state index in [4.69, 9.17) is 0 Å². The predicted molar refractivity (Wildman–Crippen MR) is 131 cm³/mol. The van der Waals surface area contributed by atoms with E-state index in [9.17, 15) is 9.59 Å². The Morgan fingerprint density at radius 3 is 1.91 bits per heavy atom. The van der Waals surface area contributed by atoms with Gasteiger partial charge in [0, 0.05) is 12.2 Å². The number of hydrogen-bond donors (Lipinski definition) is 2. The number of rotatable bonds is 8. The number of carbonyl (C=O) groups excluding carboxylic acids is 2. The molecule has 5 heteroatoms. The molecular weight excluding hydrogens is 410 g/mol.